The topological polar surface area (TPSA) is 127 Å². The van der Waals surface area contributed by atoms with Crippen molar-refractivity contribution in [2.75, 3.05) is 5.32 Å². The molecule has 0 aliphatic heterocycles. The predicted octanol–water partition coefficient (Wildman–Crippen LogP) is 4.18. The van der Waals surface area contributed by atoms with Crippen LogP contribution in [-0.4, -0.2) is 30.9 Å². The summed E-state index contributed by atoms with van der Waals surface area (Å²) in [5.41, 5.74) is 4.63. The molecule has 3 heterocycles. The van der Waals surface area contributed by atoms with Crippen molar-refractivity contribution in [3.05, 3.63) is 47.0 Å². The summed E-state index contributed by atoms with van der Waals surface area (Å²) < 4.78 is 38.8. The monoisotopic (exact) mass is 492 g/mol. The summed E-state index contributed by atoms with van der Waals surface area (Å²) in [5.74, 6) is -0.432. The van der Waals surface area contributed by atoms with Crippen LogP contribution < -0.4 is 11.1 Å². The van der Waals surface area contributed by atoms with Crippen LogP contribution in [0.5, 0.6) is 0 Å². The zero-order valence-corrected chi connectivity index (χ0v) is 19.2. The van der Waals surface area contributed by atoms with Gasteiger partial charge in [0.2, 0.25) is 5.91 Å². The molecule has 34 heavy (non-hydrogen) atoms. The lowest BCUT2D eigenvalue weighted by Gasteiger charge is -2.37. The Hall–Kier alpha value is -3.12. The first kappa shape index (κ1) is 24.0. The summed E-state index contributed by atoms with van der Waals surface area (Å²) in [6.07, 6.45) is -0.902. The van der Waals surface area contributed by atoms with Gasteiger partial charge in [0, 0.05) is 18.2 Å². The predicted molar refractivity (Wildman–Crippen MR) is 120 cm³/mol. The number of hydrogen-bond donors (Lipinski definition) is 3. The molecular formula is C22H23F3N6O2S. The highest BCUT2D eigenvalue weighted by Crippen LogP contribution is 2.45. The summed E-state index contributed by atoms with van der Waals surface area (Å²) in [4.78, 5) is 28.3. The third kappa shape index (κ3) is 5.02. The van der Waals surface area contributed by atoms with E-state index in [1.165, 1.54) is 11.3 Å². The van der Waals surface area contributed by atoms with Gasteiger partial charge in [0.25, 0.3) is 0 Å². The standard InChI is InChI=1S/C22H23F3N6O2S/c1-11-5-14(30-18(6-11)31-17-7-16(22(23,24)25)28-10-29-17)15-9-27-20(34-15)21(33)4-3-13(19(26)32)12(2)8-21/h5-7,9-10,12-13,33H,3-4,8H2,1-2H3,(H2,26,32)(H,28,29,30,31)/t12-,13+,21-/m1/s1. The number of thiazole rings is 1. The van der Waals surface area contributed by atoms with Gasteiger partial charge in [0.15, 0.2) is 0 Å². The van der Waals surface area contributed by atoms with Gasteiger partial charge in [0.05, 0.1) is 10.6 Å². The number of halogens is 3. The number of amides is 1. The largest absolute Gasteiger partial charge is 0.433 e. The first-order valence-corrected chi connectivity index (χ1v) is 11.4. The molecule has 3 aromatic rings. The first-order chi connectivity index (χ1) is 15.9. The van der Waals surface area contributed by atoms with E-state index in [4.69, 9.17) is 5.73 Å². The molecule has 1 fully saturated rings. The SMILES string of the molecule is Cc1cc(Nc2cc(C(F)(F)F)ncn2)nc(-c2cnc([C@@]3(O)CC[C@H](C(N)=O)[C@H](C)C3)s2)c1. The van der Waals surface area contributed by atoms with Gasteiger partial charge in [-0.1, -0.05) is 6.92 Å². The van der Waals surface area contributed by atoms with Crippen molar-refractivity contribution in [1.29, 1.82) is 0 Å². The maximum Gasteiger partial charge on any atom is 0.433 e. The Balaban J connectivity index is 1.57. The average Bonchev–Trinajstić information content (AvgIpc) is 3.24. The molecule has 4 rings (SSSR count). The van der Waals surface area contributed by atoms with Crippen molar-refractivity contribution in [2.45, 2.75) is 44.9 Å². The molecule has 1 aliphatic carbocycles. The lowest BCUT2D eigenvalue weighted by molar-refractivity contribution is -0.141. The van der Waals surface area contributed by atoms with Crippen LogP contribution in [-0.2, 0) is 16.6 Å². The number of primary amides is 1. The Morgan fingerprint density at radius 3 is 2.68 bits per heavy atom. The van der Waals surface area contributed by atoms with E-state index < -0.39 is 17.5 Å². The number of alkyl halides is 3. The molecule has 3 aromatic heterocycles. The highest BCUT2D eigenvalue weighted by Gasteiger charge is 2.42. The number of nitrogens with zero attached hydrogens (tertiary/aromatic N) is 4. The van der Waals surface area contributed by atoms with Crippen molar-refractivity contribution >= 4 is 28.9 Å². The Morgan fingerprint density at radius 2 is 2.00 bits per heavy atom. The highest BCUT2D eigenvalue weighted by atomic mass is 32.1. The van der Waals surface area contributed by atoms with Gasteiger partial charge in [0.1, 0.15) is 34.3 Å². The molecule has 0 bridgehead atoms. The van der Waals surface area contributed by atoms with E-state index in [0.717, 1.165) is 18.0 Å². The molecule has 0 radical (unpaired) electrons. The molecule has 1 saturated carbocycles. The third-order valence-corrected chi connectivity index (χ3v) is 7.13. The van der Waals surface area contributed by atoms with Crippen molar-refractivity contribution in [1.82, 2.24) is 19.9 Å². The molecule has 4 N–H and O–H groups in total. The third-order valence-electron chi connectivity index (χ3n) is 5.92. The van der Waals surface area contributed by atoms with E-state index in [0.29, 0.717) is 40.7 Å². The van der Waals surface area contributed by atoms with Crippen molar-refractivity contribution in [2.24, 2.45) is 17.6 Å². The number of aliphatic hydroxyl groups is 1. The number of hydrogen-bond acceptors (Lipinski definition) is 8. The summed E-state index contributed by atoms with van der Waals surface area (Å²) in [6.45, 7) is 3.73. The maximum absolute atomic E-state index is 12.9. The Labute approximate surface area is 197 Å². The molecule has 180 valence electrons. The number of carbonyl (C=O) groups excluding carboxylic acids is 1. The van der Waals surface area contributed by atoms with Gasteiger partial charge < -0.3 is 16.2 Å². The normalized spacial score (nSPS) is 23.0. The number of aromatic nitrogens is 4. The van der Waals surface area contributed by atoms with Crippen molar-refractivity contribution < 1.29 is 23.1 Å². The van der Waals surface area contributed by atoms with Gasteiger partial charge in [-0.25, -0.2) is 19.9 Å². The fourth-order valence-corrected chi connectivity index (χ4v) is 5.25. The average molecular weight is 493 g/mol. The van der Waals surface area contributed by atoms with E-state index in [1.807, 2.05) is 19.9 Å². The summed E-state index contributed by atoms with van der Waals surface area (Å²) in [6, 6.07) is 4.31. The second kappa shape index (κ2) is 8.91. The summed E-state index contributed by atoms with van der Waals surface area (Å²) in [5, 5.41) is 14.5. The van der Waals surface area contributed by atoms with Crippen LogP contribution >= 0.6 is 11.3 Å². The second-order valence-electron chi connectivity index (χ2n) is 8.62. The van der Waals surface area contributed by atoms with Gasteiger partial charge in [-0.05, 0) is 49.8 Å². The van der Waals surface area contributed by atoms with Crippen molar-refractivity contribution in [3.8, 4) is 10.6 Å². The molecule has 0 aromatic carbocycles. The number of aryl methyl sites for hydroxylation is 1. The Kier molecular flexibility index (Phi) is 6.30. The molecule has 12 heteroatoms. The maximum atomic E-state index is 12.9. The number of nitrogens with two attached hydrogens (primary N) is 1. The molecule has 0 spiro atoms. The fourth-order valence-electron chi connectivity index (χ4n) is 4.25. The minimum atomic E-state index is -4.59. The van der Waals surface area contributed by atoms with Crippen LogP contribution in [0.2, 0.25) is 0 Å². The molecule has 0 unspecified atom stereocenters. The lowest BCUT2D eigenvalue weighted by Crippen LogP contribution is -2.40. The Morgan fingerprint density at radius 1 is 1.24 bits per heavy atom. The Bertz CT molecular complexity index is 1220. The van der Waals surface area contributed by atoms with Gasteiger partial charge in [-0.2, -0.15) is 13.2 Å². The van der Waals surface area contributed by atoms with E-state index >= 15 is 0 Å². The smallest absolute Gasteiger partial charge is 0.383 e. The number of pyridine rings is 1. The van der Waals surface area contributed by atoms with E-state index in [1.54, 1.807) is 12.3 Å². The van der Waals surface area contributed by atoms with Gasteiger partial charge >= 0.3 is 6.18 Å². The lowest BCUT2D eigenvalue weighted by atomic mass is 9.72. The number of carbonyl (C=O) groups is 1. The minimum absolute atomic E-state index is 0.0362. The number of anilines is 2. The highest BCUT2D eigenvalue weighted by molar-refractivity contribution is 7.15. The van der Waals surface area contributed by atoms with E-state index in [2.05, 4.69) is 25.3 Å². The minimum Gasteiger partial charge on any atom is -0.383 e. The van der Waals surface area contributed by atoms with E-state index in [-0.39, 0.29) is 23.6 Å². The van der Waals surface area contributed by atoms with Crippen LogP contribution in [0.1, 0.15) is 42.5 Å². The van der Waals surface area contributed by atoms with Crippen LogP contribution in [0.25, 0.3) is 10.6 Å². The quantitative estimate of drug-likeness (QED) is 0.488. The van der Waals surface area contributed by atoms with Crippen molar-refractivity contribution in [3.63, 3.8) is 0 Å². The zero-order chi connectivity index (χ0) is 24.7. The van der Waals surface area contributed by atoms with Crippen LogP contribution in [0.15, 0.2) is 30.7 Å². The van der Waals surface area contributed by atoms with Gasteiger partial charge in [-0.3, -0.25) is 4.79 Å². The molecule has 1 aliphatic rings. The molecule has 0 saturated heterocycles. The van der Waals surface area contributed by atoms with Crippen LogP contribution in [0.4, 0.5) is 24.8 Å². The molecule has 3 atom stereocenters. The van der Waals surface area contributed by atoms with Gasteiger partial charge in [-0.15, -0.1) is 11.3 Å². The zero-order valence-electron chi connectivity index (χ0n) is 18.4. The molecule has 1 amide bonds. The van der Waals surface area contributed by atoms with Crippen LogP contribution in [0.3, 0.4) is 0 Å². The summed E-state index contributed by atoms with van der Waals surface area (Å²) >= 11 is 1.29. The number of nitrogens with one attached hydrogen (secondary N) is 1. The van der Waals surface area contributed by atoms with Crippen LogP contribution in [0, 0.1) is 18.8 Å². The molecular weight excluding hydrogens is 469 g/mol. The second-order valence-corrected chi connectivity index (χ2v) is 9.65. The fraction of sp³-hybridized carbons (Fsp3) is 0.409. The van der Waals surface area contributed by atoms with E-state index in [9.17, 15) is 23.1 Å². The first-order valence-electron chi connectivity index (χ1n) is 10.6. The number of rotatable bonds is 5. The molecule has 8 nitrogen and oxygen atoms in total. The summed E-state index contributed by atoms with van der Waals surface area (Å²) in [7, 11) is 0.